The number of aliphatic hydroxyl groups is 1. The molecule has 0 saturated carbocycles. The van der Waals surface area contributed by atoms with E-state index in [2.05, 4.69) is 40.2 Å². The lowest BCUT2D eigenvalue weighted by molar-refractivity contribution is 0.138. The van der Waals surface area contributed by atoms with Crippen molar-refractivity contribution >= 4 is 0 Å². The van der Waals surface area contributed by atoms with E-state index in [1.54, 1.807) is 6.20 Å². The van der Waals surface area contributed by atoms with Crippen LogP contribution in [0, 0.1) is 0 Å². The van der Waals surface area contributed by atoms with Crippen LogP contribution in [0.25, 0.3) is 11.1 Å². The lowest BCUT2D eigenvalue weighted by atomic mass is 10.0. The quantitative estimate of drug-likeness (QED) is 0.893. The largest absolute Gasteiger partial charge is 0.392 e. The van der Waals surface area contributed by atoms with E-state index in [4.69, 9.17) is 0 Å². The first kappa shape index (κ1) is 13.7. The average Bonchev–Trinajstić information content (AvgIpc) is 2.39. The topological polar surface area (TPSA) is 36.4 Å². The van der Waals surface area contributed by atoms with Gasteiger partial charge in [-0.05, 0) is 42.8 Å². The molecule has 1 heterocycles. The maximum atomic E-state index is 9.38. The highest BCUT2D eigenvalue weighted by Gasteiger charge is 2.05. The number of likely N-dealkylation sites (N-methyl/N-ethyl adjacent to an activating group) is 1. The molecule has 0 bridgehead atoms. The van der Waals surface area contributed by atoms with Crippen LogP contribution in [0.1, 0.15) is 12.5 Å². The molecule has 0 amide bonds. The monoisotopic (exact) mass is 256 g/mol. The first-order valence-electron chi connectivity index (χ1n) is 6.51. The summed E-state index contributed by atoms with van der Waals surface area (Å²) in [6.45, 7) is 3.32. The standard InChI is InChI=1S/C16H20N2O/c1-13(19)11-18(2)12-14-5-3-6-15(9-14)16-7-4-8-17-10-16/h3-10,13,19H,11-12H2,1-2H3. The minimum Gasteiger partial charge on any atom is -0.392 e. The Hall–Kier alpha value is -1.71. The molecule has 19 heavy (non-hydrogen) atoms. The van der Waals surface area contributed by atoms with Crippen LogP contribution in [0.3, 0.4) is 0 Å². The Morgan fingerprint density at radius 3 is 2.68 bits per heavy atom. The molecule has 0 spiro atoms. The number of hydrogen-bond acceptors (Lipinski definition) is 3. The van der Waals surface area contributed by atoms with Crippen LogP contribution < -0.4 is 0 Å². The minimum atomic E-state index is -0.300. The Kier molecular flexibility index (Phi) is 4.66. The summed E-state index contributed by atoms with van der Waals surface area (Å²) in [4.78, 5) is 6.27. The van der Waals surface area contributed by atoms with Gasteiger partial charge in [0.2, 0.25) is 0 Å². The van der Waals surface area contributed by atoms with Crippen molar-refractivity contribution in [1.29, 1.82) is 0 Å². The van der Waals surface area contributed by atoms with Crippen molar-refractivity contribution in [3.8, 4) is 11.1 Å². The summed E-state index contributed by atoms with van der Waals surface area (Å²) in [6, 6.07) is 12.4. The molecule has 1 aromatic carbocycles. The van der Waals surface area contributed by atoms with Gasteiger partial charge in [0.25, 0.3) is 0 Å². The molecule has 0 saturated heterocycles. The zero-order valence-corrected chi connectivity index (χ0v) is 11.5. The number of aromatic nitrogens is 1. The van der Waals surface area contributed by atoms with E-state index in [1.807, 2.05) is 26.2 Å². The van der Waals surface area contributed by atoms with Crippen molar-refractivity contribution in [3.63, 3.8) is 0 Å². The molecule has 2 aromatic rings. The highest BCUT2D eigenvalue weighted by molar-refractivity contribution is 5.62. The molecule has 3 nitrogen and oxygen atoms in total. The van der Waals surface area contributed by atoms with E-state index >= 15 is 0 Å². The van der Waals surface area contributed by atoms with E-state index in [-0.39, 0.29) is 6.10 Å². The molecule has 1 N–H and O–H groups in total. The van der Waals surface area contributed by atoms with Crippen molar-refractivity contribution < 1.29 is 5.11 Å². The number of pyridine rings is 1. The van der Waals surface area contributed by atoms with Crippen molar-refractivity contribution in [3.05, 3.63) is 54.4 Å². The number of nitrogens with zero attached hydrogens (tertiary/aromatic N) is 2. The lowest BCUT2D eigenvalue weighted by Crippen LogP contribution is -2.26. The summed E-state index contributed by atoms with van der Waals surface area (Å²) < 4.78 is 0. The fourth-order valence-corrected chi connectivity index (χ4v) is 2.21. The Labute approximate surface area is 114 Å². The van der Waals surface area contributed by atoms with Gasteiger partial charge in [0.05, 0.1) is 6.10 Å². The lowest BCUT2D eigenvalue weighted by Gasteiger charge is -2.18. The van der Waals surface area contributed by atoms with E-state index in [9.17, 15) is 5.11 Å². The fraction of sp³-hybridized carbons (Fsp3) is 0.312. The van der Waals surface area contributed by atoms with E-state index in [1.165, 1.54) is 11.1 Å². The van der Waals surface area contributed by atoms with Crippen LogP contribution in [0.4, 0.5) is 0 Å². The summed E-state index contributed by atoms with van der Waals surface area (Å²) in [5.74, 6) is 0. The zero-order valence-electron chi connectivity index (χ0n) is 11.5. The van der Waals surface area contributed by atoms with E-state index in [0.29, 0.717) is 6.54 Å². The predicted octanol–water partition coefficient (Wildman–Crippen LogP) is 2.56. The van der Waals surface area contributed by atoms with Crippen LogP contribution in [0.2, 0.25) is 0 Å². The maximum Gasteiger partial charge on any atom is 0.0639 e. The van der Waals surface area contributed by atoms with Gasteiger partial charge in [0.1, 0.15) is 0 Å². The molecule has 0 radical (unpaired) electrons. The van der Waals surface area contributed by atoms with Crippen LogP contribution in [0.5, 0.6) is 0 Å². The summed E-state index contributed by atoms with van der Waals surface area (Å²) in [5.41, 5.74) is 3.54. The normalized spacial score (nSPS) is 12.6. The molecule has 3 heteroatoms. The first-order chi connectivity index (χ1) is 9.15. The Bertz CT molecular complexity index is 511. The second-order valence-electron chi connectivity index (χ2n) is 4.99. The molecular formula is C16H20N2O. The molecule has 1 atom stereocenters. The van der Waals surface area contributed by atoms with Crippen molar-refractivity contribution in [2.75, 3.05) is 13.6 Å². The number of hydrogen-bond donors (Lipinski definition) is 1. The number of benzene rings is 1. The molecule has 2 rings (SSSR count). The molecule has 0 aliphatic rings. The fourth-order valence-electron chi connectivity index (χ4n) is 2.21. The molecule has 0 aliphatic heterocycles. The molecular weight excluding hydrogens is 236 g/mol. The smallest absolute Gasteiger partial charge is 0.0639 e. The molecule has 1 unspecified atom stereocenters. The highest BCUT2D eigenvalue weighted by atomic mass is 16.3. The van der Waals surface area contributed by atoms with E-state index < -0.39 is 0 Å². The molecule has 100 valence electrons. The van der Waals surface area contributed by atoms with Gasteiger partial charge < -0.3 is 5.11 Å². The van der Waals surface area contributed by atoms with Crippen LogP contribution >= 0.6 is 0 Å². The van der Waals surface area contributed by atoms with Gasteiger partial charge in [-0.2, -0.15) is 0 Å². The summed E-state index contributed by atoms with van der Waals surface area (Å²) in [7, 11) is 2.02. The van der Waals surface area contributed by atoms with Gasteiger partial charge in [-0.25, -0.2) is 0 Å². The highest BCUT2D eigenvalue weighted by Crippen LogP contribution is 2.19. The molecule has 0 fully saturated rings. The van der Waals surface area contributed by atoms with E-state index in [0.717, 1.165) is 12.1 Å². The van der Waals surface area contributed by atoms with Crippen LogP contribution in [-0.4, -0.2) is 34.7 Å². The Morgan fingerprint density at radius 1 is 1.21 bits per heavy atom. The van der Waals surface area contributed by atoms with Gasteiger partial charge >= 0.3 is 0 Å². The van der Waals surface area contributed by atoms with Crippen molar-refractivity contribution in [2.24, 2.45) is 0 Å². The predicted molar refractivity (Wildman–Crippen MR) is 77.7 cm³/mol. The maximum absolute atomic E-state index is 9.38. The second kappa shape index (κ2) is 6.45. The van der Waals surface area contributed by atoms with Gasteiger partial charge in [0.15, 0.2) is 0 Å². The number of aliphatic hydroxyl groups excluding tert-OH is 1. The summed E-state index contributed by atoms with van der Waals surface area (Å²) >= 11 is 0. The van der Waals surface area contributed by atoms with Gasteiger partial charge in [-0.1, -0.05) is 24.3 Å². The third-order valence-electron chi connectivity index (χ3n) is 2.95. The molecule has 0 aliphatic carbocycles. The Balaban J connectivity index is 2.12. The second-order valence-corrected chi connectivity index (χ2v) is 4.99. The third kappa shape index (κ3) is 4.16. The molecule has 1 aromatic heterocycles. The van der Waals surface area contributed by atoms with Crippen LogP contribution in [0.15, 0.2) is 48.8 Å². The van der Waals surface area contributed by atoms with Gasteiger partial charge in [-0.3, -0.25) is 9.88 Å². The van der Waals surface area contributed by atoms with Gasteiger partial charge in [-0.15, -0.1) is 0 Å². The van der Waals surface area contributed by atoms with Crippen LogP contribution in [-0.2, 0) is 6.54 Å². The average molecular weight is 256 g/mol. The first-order valence-corrected chi connectivity index (χ1v) is 6.51. The SMILES string of the molecule is CC(O)CN(C)Cc1cccc(-c2cccnc2)c1. The zero-order chi connectivity index (χ0) is 13.7. The number of rotatable bonds is 5. The minimum absolute atomic E-state index is 0.300. The summed E-state index contributed by atoms with van der Waals surface area (Å²) in [6.07, 6.45) is 3.36. The Morgan fingerprint density at radius 2 is 2.00 bits per heavy atom. The van der Waals surface area contributed by atoms with Crippen molar-refractivity contribution in [1.82, 2.24) is 9.88 Å². The summed E-state index contributed by atoms with van der Waals surface area (Å²) in [5, 5.41) is 9.38. The third-order valence-corrected chi connectivity index (χ3v) is 2.95. The van der Waals surface area contributed by atoms with Gasteiger partial charge in [0, 0.05) is 25.5 Å². The van der Waals surface area contributed by atoms with Crippen molar-refractivity contribution in [2.45, 2.75) is 19.6 Å².